The minimum Gasteiger partial charge on any atom is -0.381 e. The fraction of sp³-hybridized carbons (Fsp3) is 0.455. The fourth-order valence-electron chi connectivity index (χ4n) is 4.19. The lowest BCUT2D eigenvalue weighted by Crippen LogP contribution is -2.29. The number of methoxy groups -OCH3 is 1. The molecular weight excluding hydrogens is 426 g/mol. The average Bonchev–Trinajstić information content (AvgIpc) is 3.45. The van der Waals surface area contributed by atoms with Crippen LogP contribution in [0.5, 0.6) is 0 Å². The zero-order valence-corrected chi connectivity index (χ0v) is 18.6. The monoisotopic (exact) mass is 453 g/mol. The van der Waals surface area contributed by atoms with Gasteiger partial charge < -0.3 is 30.0 Å². The Labute approximate surface area is 190 Å². The molecule has 0 aromatic carbocycles. The molecule has 1 unspecified atom stereocenters. The van der Waals surface area contributed by atoms with Gasteiger partial charge in [0.15, 0.2) is 5.65 Å². The van der Waals surface area contributed by atoms with Crippen LogP contribution >= 0.6 is 0 Å². The van der Waals surface area contributed by atoms with Gasteiger partial charge in [-0.25, -0.2) is 4.98 Å². The van der Waals surface area contributed by atoms with Crippen molar-refractivity contribution in [3.63, 3.8) is 0 Å². The first-order chi connectivity index (χ1) is 16.1. The Balaban J connectivity index is 1.45. The van der Waals surface area contributed by atoms with Crippen LogP contribution in [0.4, 0.5) is 17.3 Å². The van der Waals surface area contributed by atoms with Gasteiger partial charge in [-0.05, 0) is 31.4 Å². The summed E-state index contributed by atoms with van der Waals surface area (Å²) in [6.45, 7) is 1.30. The summed E-state index contributed by atoms with van der Waals surface area (Å²) in [5.41, 5.74) is 1.03. The maximum Gasteiger partial charge on any atom is 0.274 e. The SMILES string of the molecule is CNc1cc(Nc2cccn(C3CCOCC3)c2=O)nc2c(C(=O)NC3C[C@@H]3OC)cnn12. The van der Waals surface area contributed by atoms with Crippen LogP contribution < -0.4 is 21.5 Å². The van der Waals surface area contributed by atoms with Crippen LogP contribution in [0.3, 0.4) is 0 Å². The molecule has 1 saturated heterocycles. The van der Waals surface area contributed by atoms with Gasteiger partial charge >= 0.3 is 0 Å². The number of carbonyl (C=O) groups is 1. The molecule has 2 fully saturated rings. The van der Waals surface area contributed by atoms with Gasteiger partial charge in [0.25, 0.3) is 11.5 Å². The highest BCUT2D eigenvalue weighted by Crippen LogP contribution is 2.26. The van der Waals surface area contributed by atoms with Gasteiger partial charge in [0.1, 0.15) is 22.9 Å². The van der Waals surface area contributed by atoms with Gasteiger partial charge in [-0.3, -0.25) is 9.59 Å². The van der Waals surface area contributed by atoms with Crippen molar-refractivity contribution in [2.45, 2.75) is 37.5 Å². The third-order valence-electron chi connectivity index (χ3n) is 6.15. The first-order valence-corrected chi connectivity index (χ1v) is 11.0. The number of rotatable bonds is 7. The Morgan fingerprint density at radius 3 is 2.85 bits per heavy atom. The largest absolute Gasteiger partial charge is 0.381 e. The molecule has 11 heteroatoms. The van der Waals surface area contributed by atoms with Crippen LogP contribution in [-0.4, -0.2) is 64.6 Å². The van der Waals surface area contributed by atoms with Crippen LogP contribution in [-0.2, 0) is 9.47 Å². The van der Waals surface area contributed by atoms with E-state index in [4.69, 9.17) is 9.47 Å². The third-order valence-corrected chi connectivity index (χ3v) is 6.15. The number of ether oxygens (including phenoxy) is 2. The van der Waals surface area contributed by atoms with Crippen molar-refractivity contribution in [3.05, 3.63) is 46.5 Å². The lowest BCUT2D eigenvalue weighted by atomic mass is 10.1. The van der Waals surface area contributed by atoms with Crippen molar-refractivity contribution in [3.8, 4) is 0 Å². The second kappa shape index (κ2) is 8.83. The molecule has 0 spiro atoms. The van der Waals surface area contributed by atoms with Crippen LogP contribution in [0.2, 0.25) is 0 Å². The normalized spacial score (nSPS) is 20.5. The predicted octanol–water partition coefficient (Wildman–Crippen LogP) is 1.54. The molecular formula is C22H27N7O4. The Morgan fingerprint density at radius 2 is 2.12 bits per heavy atom. The summed E-state index contributed by atoms with van der Waals surface area (Å²) in [4.78, 5) is 30.5. The number of hydrogen-bond donors (Lipinski definition) is 3. The number of carbonyl (C=O) groups excluding carboxylic acids is 1. The smallest absolute Gasteiger partial charge is 0.274 e. The summed E-state index contributed by atoms with van der Waals surface area (Å²) in [7, 11) is 3.39. The minimum absolute atomic E-state index is 0.00417. The number of pyridine rings is 1. The van der Waals surface area contributed by atoms with Crippen molar-refractivity contribution in [2.75, 3.05) is 38.0 Å². The van der Waals surface area contributed by atoms with Gasteiger partial charge in [0, 0.05) is 45.7 Å². The maximum absolute atomic E-state index is 13.1. The number of amides is 1. The molecule has 3 aromatic rings. The van der Waals surface area contributed by atoms with Crippen molar-refractivity contribution in [1.29, 1.82) is 0 Å². The molecule has 1 aliphatic heterocycles. The number of anilines is 3. The minimum atomic E-state index is -0.261. The number of nitrogens with one attached hydrogen (secondary N) is 3. The number of hydrogen-bond acceptors (Lipinski definition) is 8. The molecule has 33 heavy (non-hydrogen) atoms. The highest BCUT2D eigenvalue weighted by Gasteiger charge is 2.39. The summed E-state index contributed by atoms with van der Waals surface area (Å²) in [5.74, 6) is 0.802. The van der Waals surface area contributed by atoms with Crippen molar-refractivity contribution < 1.29 is 14.3 Å². The summed E-state index contributed by atoms with van der Waals surface area (Å²) in [6.07, 6.45) is 5.74. The standard InChI is InChI=1S/C22H27N7O4/c1-23-19-11-18(25-15-4-3-7-28(22(15)31)13-5-8-33-9-6-13)27-20-14(12-24-29(19)20)21(30)26-16-10-17(16)32-2/h3-4,7,11-13,16-17,23H,5-6,8-10H2,1-2H3,(H,25,27)(H,26,30)/t16?,17-/m0/s1. The summed E-state index contributed by atoms with van der Waals surface area (Å²) >= 11 is 0. The third kappa shape index (κ3) is 4.16. The van der Waals surface area contributed by atoms with Gasteiger partial charge in [-0.15, -0.1) is 0 Å². The van der Waals surface area contributed by atoms with Gasteiger partial charge in [-0.1, -0.05) is 0 Å². The summed E-state index contributed by atoms with van der Waals surface area (Å²) < 4.78 is 14.0. The number of aromatic nitrogens is 4. The molecule has 1 amide bonds. The van der Waals surface area contributed by atoms with Crippen LogP contribution in [0.25, 0.3) is 5.65 Å². The second-order valence-corrected chi connectivity index (χ2v) is 8.26. The van der Waals surface area contributed by atoms with E-state index in [9.17, 15) is 9.59 Å². The highest BCUT2D eigenvalue weighted by atomic mass is 16.5. The van der Waals surface area contributed by atoms with E-state index in [1.165, 1.54) is 6.20 Å². The van der Waals surface area contributed by atoms with E-state index in [-0.39, 0.29) is 29.7 Å². The molecule has 0 radical (unpaired) electrons. The van der Waals surface area contributed by atoms with Crippen LogP contribution in [0.15, 0.2) is 35.4 Å². The summed E-state index contributed by atoms with van der Waals surface area (Å²) in [6, 6.07) is 5.42. The summed E-state index contributed by atoms with van der Waals surface area (Å²) in [5, 5.41) is 13.5. The molecule has 4 heterocycles. The van der Waals surface area contributed by atoms with E-state index >= 15 is 0 Å². The topological polar surface area (TPSA) is 124 Å². The molecule has 3 N–H and O–H groups in total. The zero-order chi connectivity index (χ0) is 22.9. The predicted molar refractivity (Wildman–Crippen MR) is 122 cm³/mol. The van der Waals surface area contributed by atoms with E-state index in [1.807, 2.05) is 12.3 Å². The average molecular weight is 454 g/mol. The molecule has 1 saturated carbocycles. The Bertz CT molecular complexity index is 1230. The van der Waals surface area contributed by atoms with E-state index in [0.29, 0.717) is 41.7 Å². The maximum atomic E-state index is 13.1. The van der Waals surface area contributed by atoms with Crippen molar-refractivity contribution >= 4 is 28.9 Å². The molecule has 174 valence electrons. The molecule has 2 atom stereocenters. The first kappa shape index (κ1) is 21.4. The van der Waals surface area contributed by atoms with Crippen molar-refractivity contribution in [2.24, 2.45) is 0 Å². The lowest BCUT2D eigenvalue weighted by molar-refractivity contribution is 0.0687. The lowest BCUT2D eigenvalue weighted by Gasteiger charge is -2.24. The molecule has 5 rings (SSSR count). The second-order valence-electron chi connectivity index (χ2n) is 8.26. The van der Waals surface area contributed by atoms with Gasteiger partial charge in [0.2, 0.25) is 0 Å². The van der Waals surface area contributed by atoms with E-state index in [2.05, 4.69) is 26.0 Å². The van der Waals surface area contributed by atoms with Crippen LogP contribution in [0.1, 0.15) is 35.7 Å². The molecule has 3 aromatic heterocycles. The quantitative estimate of drug-likeness (QED) is 0.492. The number of fused-ring (bicyclic) bond motifs is 1. The Morgan fingerprint density at radius 1 is 1.30 bits per heavy atom. The van der Waals surface area contributed by atoms with E-state index in [0.717, 1.165) is 19.3 Å². The fourth-order valence-corrected chi connectivity index (χ4v) is 4.19. The molecule has 1 aliphatic carbocycles. The van der Waals surface area contributed by atoms with Crippen LogP contribution in [0, 0.1) is 0 Å². The Hall–Kier alpha value is -3.44. The van der Waals surface area contributed by atoms with E-state index in [1.54, 1.807) is 35.4 Å². The number of nitrogens with zero attached hydrogens (tertiary/aromatic N) is 4. The van der Waals surface area contributed by atoms with Gasteiger partial charge in [0.05, 0.1) is 18.3 Å². The zero-order valence-electron chi connectivity index (χ0n) is 18.6. The molecule has 2 aliphatic rings. The van der Waals surface area contributed by atoms with Crippen molar-refractivity contribution in [1.82, 2.24) is 24.5 Å². The first-order valence-electron chi connectivity index (χ1n) is 11.0. The molecule has 11 nitrogen and oxygen atoms in total. The Kier molecular flexibility index (Phi) is 5.73. The molecule has 0 bridgehead atoms. The van der Waals surface area contributed by atoms with E-state index < -0.39 is 0 Å². The highest BCUT2D eigenvalue weighted by molar-refractivity contribution is 6.00. The van der Waals surface area contributed by atoms with Gasteiger partial charge in [-0.2, -0.15) is 9.61 Å².